The second kappa shape index (κ2) is 8.29. The van der Waals surface area contributed by atoms with Crippen molar-refractivity contribution in [2.24, 2.45) is 0 Å². The van der Waals surface area contributed by atoms with Gasteiger partial charge in [0.15, 0.2) is 0 Å². The number of nitrogens with one attached hydrogen (secondary N) is 1. The first kappa shape index (κ1) is 17.0. The van der Waals surface area contributed by atoms with E-state index < -0.39 is 0 Å². The molecular formula is C19H26N2O3. The van der Waals surface area contributed by atoms with Crippen LogP contribution >= 0.6 is 0 Å². The quantitative estimate of drug-likeness (QED) is 0.872. The summed E-state index contributed by atoms with van der Waals surface area (Å²) in [6.07, 6.45) is 7.45. The SMILES string of the molecule is O=C(COC1CCCC1)NCc1cccc(N2CCCCC2=O)c1. The summed E-state index contributed by atoms with van der Waals surface area (Å²) in [5.41, 5.74) is 1.92. The normalized spacial score (nSPS) is 18.8. The summed E-state index contributed by atoms with van der Waals surface area (Å²) in [4.78, 5) is 25.8. The van der Waals surface area contributed by atoms with E-state index >= 15 is 0 Å². The van der Waals surface area contributed by atoms with Crippen molar-refractivity contribution in [2.75, 3.05) is 18.1 Å². The number of nitrogens with zero attached hydrogens (tertiary/aromatic N) is 1. The number of carbonyl (C=O) groups excluding carboxylic acids is 2. The smallest absolute Gasteiger partial charge is 0.246 e. The first-order valence-corrected chi connectivity index (χ1v) is 9.00. The molecule has 0 bridgehead atoms. The molecule has 3 rings (SSSR count). The lowest BCUT2D eigenvalue weighted by atomic mass is 10.1. The van der Waals surface area contributed by atoms with E-state index in [1.54, 1.807) is 0 Å². The van der Waals surface area contributed by atoms with Gasteiger partial charge in [-0.1, -0.05) is 25.0 Å². The van der Waals surface area contributed by atoms with Crippen LogP contribution < -0.4 is 10.2 Å². The molecule has 1 saturated heterocycles. The van der Waals surface area contributed by atoms with E-state index in [1.807, 2.05) is 29.2 Å². The first-order valence-electron chi connectivity index (χ1n) is 9.00. The van der Waals surface area contributed by atoms with Gasteiger partial charge >= 0.3 is 0 Å². The van der Waals surface area contributed by atoms with E-state index in [4.69, 9.17) is 4.74 Å². The molecule has 0 spiro atoms. The predicted octanol–water partition coefficient (Wildman–Crippen LogP) is 2.78. The highest BCUT2D eigenvalue weighted by Crippen LogP contribution is 2.22. The number of anilines is 1. The minimum absolute atomic E-state index is 0.0821. The van der Waals surface area contributed by atoms with Crippen molar-refractivity contribution >= 4 is 17.5 Å². The van der Waals surface area contributed by atoms with Crippen LogP contribution in [0, 0.1) is 0 Å². The third-order valence-electron chi connectivity index (χ3n) is 4.79. The van der Waals surface area contributed by atoms with Gasteiger partial charge in [0.05, 0.1) is 6.10 Å². The lowest BCUT2D eigenvalue weighted by molar-refractivity contribution is -0.127. The molecule has 1 aliphatic heterocycles. The molecule has 0 aromatic heterocycles. The third-order valence-corrected chi connectivity index (χ3v) is 4.79. The van der Waals surface area contributed by atoms with Crippen molar-refractivity contribution in [3.8, 4) is 0 Å². The highest BCUT2D eigenvalue weighted by molar-refractivity contribution is 5.94. The number of benzene rings is 1. The second-order valence-electron chi connectivity index (χ2n) is 6.67. The molecular weight excluding hydrogens is 304 g/mol. The molecule has 1 aromatic rings. The molecule has 2 amide bonds. The number of rotatable bonds is 6. The minimum atomic E-state index is -0.0821. The highest BCUT2D eigenvalue weighted by Gasteiger charge is 2.20. The zero-order valence-electron chi connectivity index (χ0n) is 14.1. The van der Waals surface area contributed by atoms with Crippen molar-refractivity contribution in [2.45, 2.75) is 57.6 Å². The zero-order valence-corrected chi connectivity index (χ0v) is 14.1. The van der Waals surface area contributed by atoms with Crippen LogP contribution in [0.1, 0.15) is 50.5 Å². The maximum Gasteiger partial charge on any atom is 0.246 e. The number of ether oxygens (including phenoxy) is 1. The summed E-state index contributed by atoms with van der Waals surface area (Å²) in [5.74, 6) is 0.105. The number of carbonyl (C=O) groups is 2. The van der Waals surface area contributed by atoms with Gasteiger partial charge in [0.2, 0.25) is 11.8 Å². The van der Waals surface area contributed by atoms with Crippen molar-refractivity contribution in [3.63, 3.8) is 0 Å². The van der Waals surface area contributed by atoms with Crippen LogP contribution in [0.3, 0.4) is 0 Å². The first-order chi connectivity index (χ1) is 11.7. The lowest BCUT2D eigenvalue weighted by Crippen LogP contribution is -2.35. The van der Waals surface area contributed by atoms with Gasteiger partial charge in [-0.15, -0.1) is 0 Å². The van der Waals surface area contributed by atoms with Crippen molar-refractivity contribution in [1.29, 1.82) is 0 Å². The average molecular weight is 330 g/mol. The number of amides is 2. The van der Waals surface area contributed by atoms with Gasteiger partial charge in [0.1, 0.15) is 6.61 Å². The van der Waals surface area contributed by atoms with Crippen LogP contribution in [0.2, 0.25) is 0 Å². The van der Waals surface area contributed by atoms with Crippen molar-refractivity contribution in [3.05, 3.63) is 29.8 Å². The fourth-order valence-corrected chi connectivity index (χ4v) is 3.41. The molecule has 5 nitrogen and oxygen atoms in total. The monoisotopic (exact) mass is 330 g/mol. The Morgan fingerprint density at radius 1 is 1.21 bits per heavy atom. The Hall–Kier alpha value is -1.88. The highest BCUT2D eigenvalue weighted by atomic mass is 16.5. The Bertz CT molecular complexity index is 582. The molecule has 1 aliphatic carbocycles. The van der Waals surface area contributed by atoms with E-state index in [2.05, 4.69) is 5.32 Å². The maximum atomic E-state index is 12.0. The van der Waals surface area contributed by atoms with E-state index in [9.17, 15) is 9.59 Å². The summed E-state index contributed by atoms with van der Waals surface area (Å²) in [7, 11) is 0. The molecule has 2 aliphatic rings. The molecule has 24 heavy (non-hydrogen) atoms. The van der Waals surface area contributed by atoms with E-state index in [1.165, 1.54) is 12.8 Å². The van der Waals surface area contributed by atoms with Crippen molar-refractivity contribution < 1.29 is 14.3 Å². The Labute approximate surface area is 143 Å². The van der Waals surface area contributed by atoms with Gasteiger partial charge in [-0.25, -0.2) is 0 Å². The van der Waals surface area contributed by atoms with Gasteiger partial charge in [-0.2, -0.15) is 0 Å². The minimum Gasteiger partial charge on any atom is -0.368 e. The molecule has 1 heterocycles. The Kier molecular flexibility index (Phi) is 5.86. The molecule has 0 atom stereocenters. The number of hydrogen-bond acceptors (Lipinski definition) is 3. The van der Waals surface area contributed by atoms with Gasteiger partial charge in [-0.3, -0.25) is 9.59 Å². The summed E-state index contributed by atoms with van der Waals surface area (Å²) in [6, 6.07) is 7.85. The molecule has 1 aromatic carbocycles. The Balaban J connectivity index is 1.49. The van der Waals surface area contributed by atoms with Crippen LogP contribution in [0.5, 0.6) is 0 Å². The van der Waals surface area contributed by atoms with Crippen LogP contribution in [0.15, 0.2) is 24.3 Å². The standard InChI is InChI=1S/C19H26N2O3/c22-18(14-24-17-8-1-2-9-17)20-13-15-6-5-7-16(12-15)21-11-4-3-10-19(21)23/h5-7,12,17H,1-4,8-11,13-14H2,(H,20,22). The summed E-state index contributed by atoms with van der Waals surface area (Å²) >= 11 is 0. The van der Waals surface area contributed by atoms with Gasteiger partial charge in [0.25, 0.3) is 0 Å². The fraction of sp³-hybridized carbons (Fsp3) is 0.579. The van der Waals surface area contributed by atoms with Crippen LogP contribution in [-0.4, -0.2) is 31.1 Å². The Morgan fingerprint density at radius 2 is 2.04 bits per heavy atom. The fourth-order valence-electron chi connectivity index (χ4n) is 3.41. The molecule has 2 fully saturated rings. The Morgan fingerprint density at radius 3 is 2.83 bits per heavy atom. The van der Waals surface area contributed by atoms with E-state index in [0.29, 0.717) is 13.0 Å². The summed E-state index contributed by atoms with van der Waals surface area (Å²) in [5, 5.41) is 2.90. The van der Waals surface area contributed by atoms with Crippen molar-refractivity contribution in [1.82, 2.24) is 5.32 Å². The van der Waals surface area contributed by atoms with E-state index in [0.717, 1.165) is 43.5 Å². The molecule has 0 unspecified atom stereocenters. The average Bonchev–Trinajstić information content (AvgIpc) is 3.12. The van der Waals surface area contributed by atoms with Gasteiger partial charge in [0, 0.05) is 25.2 Å². The lowest BCUT2D eigenvalue weighted by Gasteiger charge is -2.27. The summed E-state index contributed by atoms with van der Waals surface area (Å²) in [6.45, 7) is 1.38. The molecule has 1 N–H and O–H groups in total. The predicted molar refractivity (Wildman–Crippen MR) is 92.7 cm³/mol. The zero-order chi connectivity index (χ0) is 16.8. The van der Waals surface area contributed by atoms with Gasteiger partial charge in [-0.05, 0) is 43.4 Å². The van der Waals surface area contributed by atoms with Crippen LogP contribution in [-0.2, 0) is 20.9 Å². The summed E-state index contributed by atoms with van der Waals surface area (Å²) < 4.78 is 5.62. The van der Waals surface area contributed by atoms with E-state index in [-0.39, 0.29) is 24.5 Å². The van der Waals surface area contributed by atoms with Gasteiger partial charge < -0.3 is 15.0 Å². The molecule has 0 radical (unpaired) electrons. The third kappa shape index (κ3) is 4.57. The molecule has 130 valence electrons. The number of piperidine rings is 1. The van der Waals surface area contributed by atoms with Crippen LogP contribution in [0.25, 0.3) is 0 Å². The second-order valence-corrected chi connectivity index (χ2v) is 6.67. The number of hydrogen-bond donors (Lipinski definition) is 1. The molecule has 5 heteroatoms. The molecule has 1 saturated carbocycles. The van der Waals surface area contributed by atoms with Crippen LogP contribution in [0.4, 0.5) is 5.69 Å². The largest absolute Gasteiger partial charge is 0.368 e. The maximum absolute atomic E-state index is 12.0. The topological polar surface area (TPSA) is 58.6 Å².